The van der Waals surface area contributed by atoms with Crippen LogP contribution in [0.25, 0.3) is 0 Å². The Morgan fingerprint density at radius 3 is 3.00 bits per heavy atom. The molecule has 3 atom stereocenters. The number of rotatable bonds is 5. The zero-order chi connectivity index (χ0) is 16.4. The van der Waals surface area contributed by atoms with E-state index in [1.165, 1.54) is 0 Å². The fourth-order valence-corrected chi connectivity index (χ4v) is 3.86. The topological polar surface area (TPSA) is 47.7 Å². The second kappa shape index (κ2) is 6.95. The van der Waals surface area contributed by atoms with Crippen molar-refractivity contribution in [3.63, 3.8) is 0 Å². The molecule has 0 bridgehead atoms. The average molecular weight is 328 g/mol. The van der Waals surface area contributed by atoms with Crippen molar-refractivity contribution in [2.45, 2.75) is 38.5 Å². The van der Waals surface area contributed by atoms with Crippen LogP contribution in [0.2, 0.25) is 0 Å². The molecule has 0 amide bonds. The number of furan rings is 1. The predicted octanol–water partition coefficient (Wildman–Crippen LogP) is 3.04. The van der Waals surface area contributed by atoms with Gasteiger partial charge in [-0.15, -0.1) is 0 Å². The molecular formula is C19H24N2O3. The van der Waals surface area contributed by atoms with Gasteiger partial charge in [0, 0.05) is 24.8 Å². The van der Waals surface area contributed by atoms with Gasteiger partial charge in [-0.25, -0.2) is 4.98 Å². The zero-order valence-electron chi connectivity index (χ0n) is 14.1. The average Bonchev–Trinajstić information content (AvgIpc) is 3.20. The second-order valence-electron chi connectivity index (χ2n) is 6.78. The SMILES string of the molecule is Cc1ccc(CN2CCOC3CC(COc4ccccn4)CC32)o1. The lowest BCUT2D eigenvalue weighted by Gasteiger charge is -2.37. The quantitative estimate of drug-likeness (QED) is 0.844. The molecule has 2 aromatic rings. The standard InChI is InChI=1S/C19H24N2O3/c1-14-5-6-16(24-14)12-21-8-9-22-18-11-15(10-17(18)21)13-23-19-4-2-3-7-20-19/h2-7,15,17-18H,8-13H2,1H3. The molecule has 3 unspecified atom stereocenters. The van der Waals surface area contributed by atoms with Crippen LogP contribution in [0.15, 0.2) is 40.9 Å². The maximum absolute atomic E-state index is 6.01. The maximum atomic E-state index is 6.01. The molecule has 24 heavy (non-hydrogen) atoms. The Morgan fingerprint density at radius 1 is 1.25 bits per heavy atom. The van der Waals surface area contributed by atoms with Gasteiger partial charge in [-0.3, -0.25) is 4.90 Å². The van der Waals surface area contributed by atoms with Crippen molar-refractivity contribution in [2.75, 3.05) is 19.8 Å². The van der Waals surface area contributed by atoms with E-state index in [2.05, 4.69) is 16.0 Å². The molecule has 128 valence electrons. The Bertz CT molecular complexity index is 658. The molecule has 2 aromatic heterocycles. The molecule has 0 spiro atoms. The molecule has 3 heterocycles. The fraction of sp³-hybridized carbons (Fsp3) is 0.526. The highest BCUT2D eigenvalue weighted by atomic mass is 16.5. The number of ether oxygens (including phenoxy) is 2. The summed E-state index contributed by atoms with van der Waals surface area (Å²) < 4.78 is 17.6. The predicted molar refractivity (Wildman–Crippen MR) is 89.8 cm³/mol. The lowest BCUT2D eigenvalue weighted by Crippen LogP contribution is -2.47. The summed E-state index contributed by atoms with van der Waals surface area (Å²) in [5.74, 6) is 3.24. The van der Waals surface area contributed by atoms with Crippen LogP contribution in [0.3, 0.4) is 0 Å². The Balaban J connectivity index is 1.35. The number of nitrogens with zero attached hydrogens (tertiary/aromatic N) is 2. The van der Waals surface area contributed by atoms with Gasteiger partial charge in [0.25, 0.3) is 0 Å². The molecule has 1 saturated heterocycles. The molecule has 0 N–H and O–H groups in total. The molecule has 0 aromatic carbocycles. The molecule has 4 rings (SSSR count). The van der Waals surface area contributed by atoms with Crippen molar-refractivity contribution in [3.05, 3.63) is 48.0 Å². The molecule has 2 fully saturated rings. The third-order valence-electron chi connectivity index (χ3n) is 5.01. The number of hydrogen-bond acceptors (Lipinski definition) is 5. The summed E-state index contributed by atoms with van der Waals surface area (Å²) in [6.07, 6.45) is 4.25. The van der Waals surface area contributed by atoms with Crippen LogP contribution < -0.4 is 4.74 Å². The summed E-state index contributed by atoms with van der Waals surface area (Å²) in [7, 11) is 0. The van der Waals surface area contributed by atoms with E-state index in [4.69, 9.17) is 13.9 Å². The normalized spacial score (nSPS) is 27.1. The van der Waals surface area contributed by atoms with E-state index in [-0.39, 0.29) is 0 Å². The van der Waals surface area contributed by atoms with Crippen LogP contribution in [0.1, 0.15) is 24.4 Å². The van der Waals surface area contributed by atoms with Crippen LogP contribution in [-0.4, -0.2) is 41.8 Å². The van der Waals surface area contributed by atoms with Crippen molar-refractivity contribution in [2.24, 2.45) is 5.92 Å². The minimum absolute atomic E-state index is 0.312. The Labute approximate surface area is 142 Å². The van der Waals surface area contributed by atoms with Gasteiger partial charge in [0.1, 0.15) is 11.5 Å². The molecule has 2 aliphatic rings. The monoisotopic (exact) mass is 328 g/mol. The van der Waals surface area contributed by atoms with Crippen LogP contribution >= 0.6 is 0 Å². The summed E-state index contributed by atoms with van der Waals surface area (Å²) >= 11 is 0. The minimum atomic E-state index is 0.312. The van der Waals surface area contributed by atoms with Gasteiger partial charge in [-0.2, -0.15) is 0 Å². The van der Waals surface area contributed by atoms with E-state index < -0.39 is 0 Å². The van der Waals surface area contributed by atoms with Crippen molar-refractivity contribution < 1.29 is 13.9 Å². The molecule has 1 saturated carbocycles. The summed E-state index contributed by atoms with van der Waals surface area (Å²) in [5, 5.41) is 0. The van der Waals surface area contributed by atoms with Crippen molar-refractivity contribution in [1.82, 2.24) is 9.88 Å². The van der Waals surface area contributed by atoms with E-state index in [0.29, 0.717) is 30.6 Å². The lowest BCUT2D eigenvalue weighted by molar-refractivity contribution is -0.0608. The zero-order valence-corrected chi connectivity index (χ0v) is 14.1. The number of hydrogen-bond donors (Lipinski definition) is 0. The largest absolute Gasteiger partial charge is 0.477 e. The fourth-order valence-electron chi connectivity index (χ4n) is 3.86. The Kier molecular flexibility index (Phi) is 4.54. The summed E-state index contributed by atoms with van der Waals surface area (Å²) in [4.78, 5) is 6.73. The van der Waals surface area contributed by atoms with Crippen LogP contribution in [0.5, 0.6) is 5.88 Å². The highest BCUT2D eigenvalue weighted by Crippen LogP contribution is 2.35. The summed E-state index contributed by atoms with van der Waals surface area (Å²) in [6.45, 7) is 5.34. The molecular weight excluding hydrogens is 304 g/mol. The Morgan fingerprint density at radius 2 is 2.21 bits per heavy atom. The van der Waals surface area contributed by atoms with Crippen LogP contribution in [0, 0.1) is 12.8 Å². The van der Waals surface area contributed by atoms with E-state index in [1.54, 1.807) is 6.20 Å². The van der Waals surface area contributed by atoms with E-state index in [1.807, 2.05) is 31.2 Å². The molecule has 1 aliphatic carbocycles. The van der Waals surface area contributed by atoms with E-state index >= 15 is 0 Å². The molecule has 5 heteroatoms. The Hall–Kier alpha value is -1.85. The second-order valence-corrected chi connectivity index (χ2v) is 6.78. The lowest BCUT2D eigenvalue weighted by atomic mass is 10.1. The van der Waals surface area contributed by atoms with Crippen molar-refractivity contribution in [1.29, 1.82) is 0 Å². The van der Waals surface area contributed by atoms with Gasteiger partial charge in [-0.1, -0.05) is 6.07 Å². The third kappa shape index (κ3) is 3.47. The maximum Gasteiger partial charge on any atom is 0.213 e. The van der Waals surface area contributed by atoms with Crippen LogP contribution in [-0.2, 0) is 11.3 Å². The highest BCUT2D eigenvalue weighted by molar-refractivity contribution is 5.09. The molecule has 0 radical (unpaired) electrons. The van der Waals surface area contributed by atoms with Gasteiger partial charge >= 0.3 is 0 Å². The van der Waals surface area contributed by atoms with Gasteiger partial charge < -0.3 is 13.9 Å². The number of aryl methyl sites for hydroxylation is 1. The first kappa shape index (κ1) is 15.7. The van der Waals surface area contributed by atoms with Gasteiger partial charge in [0.2, 0.25) is 5.88 Å². The number of pyridine rings is 1. The van der Waals surface area contributed by atoms with Crippen LogP contribution in [0.4, 0.5) is 0 Å². The van der Waals surface area contributed by atoms with E-state index in [9.17, 15) is 0 Å². The first-order chi connectivity index (χ1) is 11.8. The third-order valence-corrected chi connectivity index (χ3v) is 5.01. The smallest absolute Gasteiger partial charge is 0.213 e. The van der Waals surface area contributed by atoms with E-state index in [0.717, 1.165) is 44.1 Å². The number of morpholine rings is 1. The minimum Gasteiger partial charge on any atom is -0.477 e. The first-order valence-electron chi connectivity index (χ1n) is 8.73. The van der Waals surface area contributed by atoms with Gasteiger partial charge in [0.15, 0.2) is 0 Å². The molecule has 5 nitrogen and oxygen atoms in total. The number of aromatic nitrogens is 1. The first-order valence-corrected chi connectivity index (χ1v) is 8.73. The summed E-state index contributed by atoms with van der Waals surface area (Å²) in [6, 6.07) is 10.3. The van der Waals surface area contributed by atoms with Crippen molar-refractivity contribution in [3.8, 4) is 5.88 Å². The van der Waals surface area contributed by atoms with Crippen molar-refractivity contribution >= 4 is 0 Å². The highest BCUT2D eigenvalue weighted by Gasteiger charge is 2.41. The molecule has 1 aliphatic heterocycles. The van der Waals surface area contributed by atoms with Gasteiger partial charge in [-0.05, 0) is 43.9 Å². The number of fused-ring (bicyclic) bond motifs is 1. The van der Waals surface area contributed by atoms with Gasteiger partial charge in [0.05, 0.1) is 25.9 Å². The summed E-state index contributed by atoms with van der Waals surface area (Å²) in [5.41, 5.74) is 0.